The van der Waals surface area contributed by atoms with Gasteiger partial charge in [-0.25, -0.2) is 0 Å². The van der Waals surface area contributed by atoms with Gasteiger partial charge in [-0.3, -0.25) is 14.2 Å². The van der Waals surface area contributed by atoms with Crippen molar-refractivity contribution in [3.05, 3.63) is 20.7 Å². The van der Waals surface area contributed by atoms with E-state index in [1.165, 1.54) is 4.57 Å². The SMILES string of the molecule is Cc1csc(=O)n1CC(=O)NC(CCO)C(C)(C)C. The first-order valence-corrected chi connectivity index (χ1v) is 7.19. The van der Waals surface area contributed by atoms with E-state index in [1.807, 2.05) is 20.8 Å². The first-order chi connectivity index (χ1) is 8.75. The molecule has 1 heterocycles. The van der Waals surface area contributed by atoms with Gasteiger partial charge in [0.1, 0.15) is 6.54 Å². The van der Waals surface area contributed by atoms with Gasteiger partial charge in [0.15, 0.2) is 0 Å². The van der Waals surface area contributed by atoms with Crippen LogP contribution in [0.25, 0.3) is 0 Å². The van der Waals surface area contributed by atoms with Crippen LogP contribution in [0.1, 0.15) is 32.9 Å². The van der Waals surface area contributed by atoms with E-state index in [-0.39, 0.29) is 35.4 Å². The highest BCUT2D eigenvalue weighted by molar-refractivity contribution is 7.07. The number of amides is 1. The number of nitrogens with one attached hydrogen (secondary N) is 1. The normalized spacial score (nSPS) is 13.3. The predicted octanol–water partition coefficient (Wildman–Crippen LogP) is 1.13. The van der Waals surface area contributed by atoms with E-state index >= 15 is 0 Å². The largest absolute Gasteiger partial charge is 0.396 e. The van der Waals surface area contributed by atoms with Crippen LogP contribution < -0.4 is 10.2 Å². The first kappa shape index (κ1) is 15.9. The topological polar surface area (TPSA) is 71.3 Å². The molecule has 0 saturated heterocycles. The fourth-order valence-electron chi connectivity index (χ4n) is 1.83. The van der Waals surface area contributed by atoms with E-state index in [9.17, 15) is 9.59 Å². The Morgan fingerprint density at radius 3 is 2.58 bits per heavy atom. The summed E-state index contributed by atoms with van der Waals surface area (Å²) in [6.45, 7) is 7.90. The van der Waals surface area contributed by atoms with Gasteiger partial charge in [0.05, 0.1) is 0 Å². The minimum absolute atomic E-state index is 0.0274. The molecule has 19 heavy (non-hydrogen) atoms. The van der Waals surface area contributed by atoms with Crippen molar-refractivity contribution in [3.8, 4) is 0 Å². The van der Waals surface area contributed by atoms with Gasteiger partial charge in [0.25, 0.3) is 0 Å². The maximum absolute atomic E-state index is 12.0. The summed E-state index contributed by atoms with van der Waals surface area (Å²) in [4.78, 5) is 23.4. The van der Waals surface area contributed by atoms with Crippen LogP contribution in [-0.4, -0.2) is 28.2 Å². The molecule has 0 aliphatic rings. The van der Waals surface area contributed by atoms with Crippen molar-refractivity contribution < 1.29 is 9.90 Å². The Morgan fingerprint density at radius 2 is 2.16 bits per heavy atom. The molecule has 0 aliphatic heterocycles. The van der Waals surface area contributed by atoms with Crippen LogP contribution in [0.5, 0.6) is 0 Å². The highest BCUT2D eigenvalue weighted by atomic mass is 32.1. The Morgan fingerprint density at radius 1 is 1.53 bits per heavy atom. The van der Waals surface area contributed by atoms with Crippen LogP contribution in [0.3, 0.4) is 0 Å². The number of carbonyl (C=O) groups excluding carboxylic acids is 1. The molecule has 1 amide bonds. The third kappa shape index (κ3) is 4.47. The molecule has 0 saturated carbocycles. The zero-order chi connectivity index (χ0) is 14.6. The number of hydrogen-bond donors (Lipinski definition) is 2. The number of aromatic nitrogens is 1. The molecule has 1 aromatic rings. The lowest BCUT2D eigenvalue weighted by Crippen LogP contribution is -2.46. The summed E-state index contributed by atoms with van der Waals surface area (Å²) < 4.78 is 1.46. The maximum Gasteiger partial charge on any atom is 0.307 e. The number of aryl methyl sites for hydroxylation is 1. The van der Waals surface area contributed by atoms with Gasteiger partial charge in [-0.05, 0) is 18.8 Å². The van der Waals surface area contributed by atoms with Gasteiger partial charge in [-0.2, -0.15) is 0 Å². The molecule has 0 aromatic carbocycles. The van der Waals surface area contributed by atoms with Crippen LogP contribution in [0.4, 0.5) is 0 Å². The quantitative estimate of drug-likeness (QED) is 0.852. The molecule has 2 N–H and O–H groups in total. The van der Waals surface area contributed by atoms with E-state index in [4.69, 9.17) is 5.11 Å². The molecular weight excluding hydrogens is 264 g/mol. The minimum Gasteiger partial charge on any atom is -0.396 e. The molecule has 1 aromatic heterocycles. The molecule has 0 bridgehead atoms. The van der Waals surface area contributed by atoms with Crippen LogP contribution in [0.15, 0.2) is 10.2 Å². The summed E-state index contributed by atoms with van der Waals surface area (Å²) in [6.07, 6.45) is 0.507. The second-order valence-electron chi connectivity index (χ2n) is 5.73. The van der Waals surface area contributed by atoms with Crippen molar-refractivity contribution in [1.82, 2.24) is 9.88 Å². The Bertz CT molecular complexity index is 485. The van der Waals surface area contributed by atoms with Crippen LogP contribution in [0.2, 0.25) is 0 Å². The number of nitrogens with zero attached hydrogens (tertiary/aromatic N) is 1. The molecule has 1 unspecified atom stereocenters. The highest BCUT2D eigenvalue weighted by Crippen LogP contribution is 2.21. The Labute approximate surface area is 117 Å². The van der Waals surface area contributed by atoms with Gasteiger partial charge in [0, 0.05) is 23.7 Å². The predicted molar refractivity (Wildman–Crippen MR) is 76.4 cm³/mol. The molecule has 6 heteroatoms. The Hall–Kier alpha value is -1.14. The summed E-state index contributed by atoms with van der Waals surface area (Å²) in [6, 6.07) is -0.111. The summed E-state index contributed by atoms with van der Waals surface area (Å²) in [5.74, 6) is -0.197. The summed E-state index contributed by atoms with van der Waals surface area (Å²) in [7, 11) is 0. The zero-order valence-corrected chi connectivity index (χ0v) is 12.7. The van der Waals surface area contributed by atoms with Crippen molar-refractivity contribution in [2.24, 2.45) is 5.41 Å². The second kappa shape index (κ2) is 6.34. The van der Waals surface area contributed by atoms with Crippen molar-refractivity contribution >= 4 is 17.2 Å². The lowest BCUT2D eigenvalue weighted by atomic mass is 9.85. The number of hydrogen-bond acceptors (Lipinski definition) is 4. The fraction of sp³-hybridized carbons (Fsp3) is 0.692. The van der Waals surface area contributed by atoms with Crippen molar-refractivity contribution in [2.45, 2.75) is 46.7 Å². The van der Waals surface area contributed by atoms with E-state index in [1.54, 1.807) is 12.3 Å². The van der Waals surface area contributed by atoms with Crippen LogP contribution in [-0.2, 0) is 11.3 Å². The zero-order valence-electron chi connectivity index (χ0n) is 11.9. The molecule has 5 nitrogen and oxygen atoms in total. The maximum atomic E-state index is 12.0. The number of aliphatic hydroxyl groups is 1. The summed E-state index contributed by atoms with van der Waals surface area (Å²) in [5.41, 5.74) is 0.659. The number of aliphatic hydroxyl groups excluding tert-OH is 1. The minimum atomic E-state index is -0.197. The van der Waals surface area contributed by atoms with Crippen molar-refractivity contribution in [3.63, 3.8) is 0 Å². The lowest BCUT2D eigenvalue weighted by Gasteiger charge is -2.31. The molecule has 108 valence electrons. The highest BCUT2D eigenvalue weighted by Gasteiger charge is 2.25. The van der Waals surface area contributed by atoms with E-state index in [0.717, 1.165) is 17.0 Å². The van der Waals surface area contributed by atoms with E-state index in [2.05, 4.69) is 5.32 Å². The van der Waals surface area contributed by atoms with Gasteiger partial charge >= 0.3 is 4.87 Å². The molecule has 1 rings (SSSR count). The standard InChI is InChI=1S/C13H22N2O3S/c1-9-8-19-12(18)15(9)7-11(17)14-10(5-6-16)13(2,3)4/h8,10,16H,5-7H2,1-4H3,(H,14,17). The average Bonchev–Trinajstić information content (AvgIpc) is 2.59. The number of rotatable bonds is 5. The lowest BCUT2D eigenvalue weighted by molar-refractivity contribution is -0.123. The van der Waals surface area contributed by atoms with Crippen molar-refractivity contribution in [2.75, 3.05) is 6.61 Å². The second-order valence-corrected chi connectivity index (χ2v) is 6.55. The van der Waals surface area contributed by atoms with Gasteiger partial charge in [0.2, 0.25) is 5.91 Å². The number of thiazole rings is 1. The molecule has 0 aliphatic carbocycles. The molecular formula is C13H22N2O3S. The Kier molecular flexibility index (Phi) is 5.31. The van der Waals surface area contributed by atoms with Crippen LogP contribution in [0, 0.1) is 12.3 Å². The molecule has 1 atom stereocenters. The van der Waals surface area contributed by atoms with E-state index < -0.39 is 0 Å². The first-order valence-electron chi connectivity index (χ1n) is 6.31. The third-order valence-electron chi connectivity index (χ3n) is 3.08. The third-order valence-corrected chi connectivity index (χ3v) is 3.96. The summed E-state index contributed by atoms with van der Waals surface area (Å²) >= 11 is 1.10. The van der Waals surface area contributed by atoms with Gasteiger partial charge in [-0.15, -0.1) is 0 Å². The molecule has 0 radical (unpaired) electrons. The average molecular weight is 286 g/mol. The smallest absolute Gasteiger partial charge is 0.307 e. The monoisotopic (exact) mass is 286 g/mol. The Balaban J connectivity index is 2.71. The van der Waals surface area contributed by atoms with Crippen molar-refractivity contribution in [1.29, 1.82) is 0 Å². The summed E-state index contributed by atoms with van der Waals surface area (Å²) in [5, 5.41) is 13.7. The number of carbonyl (C=O) groups is 1. The van der Waals surface area contributed by atoms with Gasteiger partial charge in [-0.1, -0.05) is 32.1 Å². The van der Waals surface area contributed by atoms with Gasteiger partial charge < -0.3 is 10.4 Å². The van der Waals surface area contributed by atoms with E-state index in [0.29, 0.717) is 6.42 Å². The molecule has 0 spiro atoms. The van der Waals surface area contributed by atoms with Crippen LogP contribution >= 0.6 is 11.3 Å². The molecule has 0 fully saturated rings. The fourth-order valence-corrected chi connectivity index (χ4v) is 2.56.